The summed E-state index contributed by atoms with van der Waals surface area (Å²) in [5, 5.41) is 0. The summed E-state index contributed by atoms with van der Waals surface area (Å²) in [6.45, 7) is 2.25. The first-order valence-electron chi connectivity index (χ1n) is 6.55. The molecule has 0 unspecified atom stereocenters. The number of hydrogen-bond acceptors (Lipinski definition) is 1. The van der Waals surface area contributed by atoms with Crippen molar-refractivity contribution in [3.05, 3.63) is 0 Å². The van der Waals surface area contributed by atoms with E-state index >= 15 is 0 Å². The van der Waals surface area contributed by atoms with Gasteiger partial charge in [0.15, 0.2) is 0 Å². The largest absolute Gasteiger partial charge is 1.00 e. The molecule has 0 heterocycles. The molecule has 0 spiro atoms. The fourth-order valence-corrected chi connectivity index (χ4v) is 1.79. The number of unbranched alkanes of at least 4 members (excludes halogenated alkanes) is 9. The number of rotatable bonds is 11. The zero-order chi connectivity index (χ0) is 11.4. The predicted octanol–water partition coefficient (Wildman–Crippen LogP) is 0.899. The molecule has 0 fully saturated rings. The molecule has 1 amide bonds. The van der Waals surface area contributed by atoms with Crippen LogP contribution in [0.15, 0.2) is 0 Å². The number of carbonyl (C=O) groups excluding carboxylic acids is 1. The van der Waals surface area contributed by atoms with Crippen molar-refractivity contribution >= 4 is 5.91 Å². The van der Waals surface area contributed by atoms with Crippen LogP contribution in [0.25, 0.3) is 0 Å². The Morgan fingerprint density at radius 2 is 1.25 bits per heavy atom. The van der Waals surface area contributed by atoms with E-state index in [0.29, 0.717) is 6.42 Å². The third kappa shape index (κ3) is 16.9. The summed E-state index contributed by atoms with van der Waals surface area (Å²) in [5.74, 6) is -0.158. The Morgan fingerprint density at radius 3 is 1.62 bits per heavy atom. The summed E-state index contributed by atoms with van der Waals surface area (Å²) in [6.07, 6.45) is 13.6. The van der Waals surface area contributed by atoms with E-state index in [1.54, 1.807) is 0 Å². The van der Waals surface area contributed by atoms with Gasteiger partial charge >= 0.3 is 29.6 Å². The summed E-state index contributed by atoms with van der Waals surface area (Å²) < 4.78 is 0. The maximum Gasteiger partial charge on any atom is 1.00 e. The Hall–Kier alpha value is 0.470. The molecular weight excluding hydrogens is 209 g/mol. The van der Waals surface area contributed by atoms with Gasteiger partial charge in [-0.1, -0.05) is 64.7 Å². The Bertz CT molecular complexity index is 156. The van der Waals surface area contributed by atoms with Gasteiger partial charge in [-0.05, 0) is 6.42 Å². The van der Waals surface area contributed by atoms with Gasteiger partial charge in [0, 0.05) is 6.42 Å². The van der Waals surface area contributed by atoms with E-state index < -0.39 is 0 Å². The van der Waals surface area contributed by atoms with Crippen LogP contribution in [0.5, 0.6) is 0 Å². The molecule has 92 valence electrons. The molecule has 0 aromatic carbocycles. The monoisotopic (exact) mass is 237 g/mol. The molecule has 0 saturated heterocycles. The van der Waals surface area contributed by atoms with E-state index in [0.717, 1.165) is 12.8 Å². The van der Waals surface area contributed by atoms with Crippen molar-refractivity contribution in [1.82, 2.24) is 0 Å². The Labute approximate surface area is 125 Å². The SMILES string of the molecule is CCCCCCCCCCCCC(N)=O.[H-].[Na+]. The van der Waals surface area contributed by atoms with Crippen LogP contribution in [0.1, 0.15) is 79.0 Å². The molecule has 2 nitrogen and oxygen atoms in total. The predicted molar refractivity (Wildman–Crippen MR) is 66.8 cm³/mol. The summed E-state index contributed by atoms with van der Waals surface area (Å²) in [6, 6.07) is 0. The number of primary amides is 1. The van der Waals surface area contributed by atoms with Crippen molar-refractivity contribution < 1.29 is 35.8 Å². The molecule has 0 saturated carbocycles. The van der Waals surface area contributed by atoms with Crippen molar-refractivity contribution in [2.75, 3.05) is 0 Å². The molecule has 0 atom stereocenters. The van der Waals surface area contributed by atoms with E-state index in [1.165, 1.54) is 51.4 Å². The standard InChI is InChI=1S/C13H27NO.Na.H/c1-2-3-4-5-6-7-8-9-10-11-12-13(14)15;;/h2-12H2,1H3,(H2,14,15);;/q;+1;-1. The summed E-state index contributed by atoms with van der Waals surface area (Å²) in [4.78, 5) is 10.5. The smallest absolute Gasteiger partial charge is 1.00 e. The van der Waals surface area contributed by atoms with Gasteiger partial charge in [0.25, 0.3) is 0 Å². The first-order chi connectivity index (χ1) is 7.27. The zero-order valence-electron chi connectivity index (χ0n) is 12.3. The van der Waals surface area contributed by atoms with Gasteiger partial charge in [-0.3, -0.25) is 4.79 Å². The maximum atomic E-state index is 10.5. The van der Waals surface area contributed by atoms with Gasteiger partial charge in [-0.2, -0.15) is 0 Å². The van der Waals surface area contributed by atoms with Crippen molar-refractivity contribution in [3.8, 4) is 0 Å². The number of amides is 1. The molecule has 0 aliphatic heterocycles. The van der Waals surface area contributed by atoms with Crippen LogP contribution in [0.2, 0.25) is 0 Å². The normalized spacial score (nSPS) is 9.81. The fourth-order valence-electron chi connectivity index (χ4n) is 1.79. The molecule has 0 aliphatic carbocycles. The van der Waals surface area contributed by atoms with Crippen LogP contribution in [0.3, 0.4) is 0 Å². The average Bonchev–Trinajstić information content (AvgIpc) is 2.20. The molecule has 0 rings (SSSR count). The van der Waals surface area contributed by atoms with E-state index in [-0.39, 0.29) is 36.9 Å². The molecule has 0 aromatic rings. The minimum Gasteiger partial charge on any atom is -1.00 e. The van der Waals surface area contributed by atoms with Gasteiger partial charge < -0.3 is 7.16 Å². The van der Waals surface area contributed by atoms with E-state index in [2.05, 4.69) is 6.92 Å². The number of carbonyl (C=O) groups is 1. The first-order valence-corrected chi connectivity index (χ1v) is 6.55. The second-order valence-electron chi connectivity index (χ2n) is 4.40. The van der Waals surface area contributed by atoms with E-state index in [9.17, 15) is 4.79 Å². The van der Waals surface area contributed by atoms with Crippen molar-refractivity contribution in [3.63, 3.8) is 0 Å². The Kier molecular flexibility index (Phi) is 18.2. The molecule has 3 heteroatoms. The van der Waals surface area contributed by atoms with Crippen molar-refractivity contribution in [2.45, 2.75) is 77.6 Å². The van der Waals surface area contributed by atoms with Crippen LogP contribution in [0, 0.1) is 0 Å². The molecule has 0 aromatic heterocycles. The Balaban J connectivity index is -0.000000980. The zero-order valence-corrected chi connectivity index (χ0v) is 13.3. The van der Waals surface area contributed by atoms with Crippen molar-refractivity contribution in [2.24, 2.45) is 5.73 Å². The third-order valence-electron chi connectivity index (χ3n) is 2.78. The molecule has 0 bridgehead atoms. The number of hydrogen-bond donors (Lipinski definition) is 1. The van der Waals surface area contributed by atoms with Gasteiger partial charge in [-0.15, -0.1) is 0 Å². The van der Waals surface area contributed by atoms with Gasteiger partial charge in [0.05, 0.1) is 0 Å². The van der Waals surface area contributed by atoms with Gasteiger partial charge in [0.1, 0.15) is 0 Å². The van der Waals surface area contributed by atoms with Crippen LogP contribution in [-0.2, 0) is 4.79 Å². The van der Waals surface area contributed by atoms with Gasteiger partial charge in [0.2, 0.25) is 5.91 Å². The Morgan fingerprint density at radius 1 is 0.875 bits per heavy atom. The van der Waals surface area contributed by atoms with E-state index in [1.807, 2.05) is 0 Å². The fraction of sp³-hybridized carbons (Fsp3) is 0.923. The third-order valence-corrected chi connectivity index (χ3v) is 2.78. The van der Waals surface area contributed by atoms with Gasteiger partial charge in [-0.25, -0.2) is 0 Å². The summed E-state index contributed by atoms with van der Waals surface area (Å²) in [5.41, 5.74) is 5.06. The molecule has 0 aliphatic rings. The van der Waals surface area contributed by atoms with E-state index in [4.69, 9.17) is 5.73 Å². The first kappa shape index (κ1) is 18.8. The van der Waals surface area contributed by atoms with Crippen LogP contribution >= 0.6 is 0 Å². The summed E-state index contributed by atoms with van der Waals surface area (Å²) >= 11 is 0. The average molecular weight is 237 g/mol. The molecule has 2 N–H and O–H groups in total. The molecule has 0 radical (unpaired) electrons. The second kappa shape index (κ2) is 15.5. The van der Waals surface area contributed by atoms with Crippen LogP contribution < -0.4 is 35.3 Å². The molecular formula is C13H28NNaO. The molecule has 16 heavy (non-hydrogen) atoms. The van der Waals surface area contributed by atoms with Crippen molar-refractivity contribution in [1.29, 1.82) is 0 Å². The minimum absolute atomic E-state index is 0. The van der Waals surface area contributed by atoms with Crippen LogP contribution in [-0.4, -0.2) is 5.91 Å². The topological polar surface area (TPSA) is 43.1 Å². The quantitative estimate of drug-likeness (QED) is 0.421. The van der Waals surface area contributed by atoms with Crippen LogP contribution in [0.4, 0.5) is 0 Å². The number of nitrogens with two attached hydrogens (primary N) is 1. The summed E-state index contributed by atoms with van der Waals surface area (Å²) in [7, 11) is 0. The second-order valence-corrected chi connectivity index (χ2v) is 4.40. The maximum absolute atomic E-state index is 10.5. The minimum atomic E-state index is -0.158.